The highest BCUT2D eigenvalue weighted by atomic mass is 32.1. The largest absolute Gasteiger partial charge is 0.298 e. The second-order valence-corrected chi connectivity index (χ2v) is 8.24. The molecule has 2 heterocycles. The smallest absolute Gasteiger partial charge is 0.257 e. The average Bonchev–Trinajstić information content (AvgIpc) is 3.23. The van der Waals surface area contributed by atoms with E-state index in [1.165, 1.54) is 11.3 Å². The first-order valence-electron chi connectivity index (χ1n) is 9.98. The summed E-state index contributed by atoms with van der Waals surface area (Å²) in [5.41, 5.74) is 5.24. The fraction of sp³-hybridized carbons (Fsp3) is 0.0385. The normalized spacial score (nSPS) is 10.9. The Hall–Kier alpha value is -3.83. The molecular weight excluding hydrogens is 402 g/mol. The minimum absolute atomic E-state index is 0.196. The fourth-order valence-corrected chi connectivity index (χ4v) is 4.47. The van der Waals surface area contributed by atoms with Crippen LogP contribution in [0.25, 0.3) is 32.6 Å². The number of nitrogens with one attached hydrogen (secondary N) is 1. The first kappa shape index (κ1) is 19.2. The van der Waals surface area contributed by atoms with Gasteiger partial charge in [0.05, 0.1) is 16.1 Å². The number of aryl methyl sites for hydroxylation is 1. The van der Waals surface area contributed by atoms with Crippen molar-refractivity contribution in [2.24, 2.45) is 0 Å². The van der Waals surface area contributed by atoms with Gasteiger partial charge >= 0.3 is 0 Å². The molecule has 0 aliphatic rings. The molecular formula is C26H19N3OS. The van der Waals surface area contributed by atoms with E-state index >= 15 is 0 Å². The number of benzene rings is 3. The Balaban J connectivity index is 1.51. The van der Waals surface area contributed by atoms with Crippen LogP contribution in [0, 0.1) is 6.92 Å². The van der Waals surface area contributed by atoms with Crippen molar-refractivity contribution in [3.63, 3.8) is 0 Å². The number of aromatic nitrogens is 2. The third-order valence-corrected chi connectivity index (χ3v) is 6.04. The molecule has 150 valence electrons. The molecule has 0 saturated heterocycles. The van der Waals surface area contributed by atoms with Gasteiger partial charge in [0.1, 0.15) is 0 Å². The summed E-state index contributed by atoms with van der Waals surface area (Å²) in [5.74, 6) is -0.196. The number of pyridine rings is 1. The van der Waals surface area contributed by atoms with Crippen LogP contribution in [0.4, 0.5) is 5.13 Å². The maximum atomic E-state index is 13.0. The van der Waals surface area contributed by atoms with E-state index in [9.17, 15) is 4.79 Å². The van der Waals surface area contributed by atoms with E-state index in [4.69, 9.17) is 4.98 Å². The molecule has 0 aliphatic heterocycles. The van der Waals surface area contributed by atoms with Crippen LogP contribution in [0.15, 0.2) is 91.0 Å². The van der Waals surface area contributed by atoms with Crippen molar-refractivity contribution in [3.8, 4) is 21.7 Å². The second-order valence-electron chi connectivity index (χ2n) is 7.24. The van der Waals surface area contributed by atoms with Crippen LogP contribution in [-0.2, 0) is 0 Å². The Morgan fingerprint density at radius 2 is 1.48 bits per heavy atom. The van der Waals surface area contributed by atoms with Crippen LogP contribution >= 0.6 is 11.3 Å². The molecule has 0 radical (unpaired) electrons. The van der Waals surface area contributed by atoms with Crippen LogP contribution < -0.4 is 5.32 Å². The molecule has 0 atom stereocenters. The van der Waals surface area contributed by atoms with E-state index < -0.39 is 0 Å². The Morgan fingerprint density at radius 3 is 2.23 bits per heavy atom. The van der Waals surface area contributed by atoms with Crippen molar-refractivity contribution >= 4 is 33.3 Å². The second kappa shape index (κ2) is 8.13. The summed E-state index contributed by atoms with van der Waals surface area (Å²) in [6.45, 7) is 1.94. The molecule has 31 heavy (non-hydrogen) atoms. The lowest BCUT2D eigenvalue weighted by molar-refractivity contribution is 0.102. The van der Waals surface area contributed by atoms with Gasteiger partial charge in [-0.25, -0.2) is 4.98 Å². The Bertz CT molecular complexity index is 1320. The number of amides is 1. The summed E-state index contributed by atoms with van der Waals surface area (Å²) >= 11 is 1.48. The number of anilines is 1. The monoisotopic (exact) mass is 421 g/mol. The molecule has 2 aromatic heterocycles. The zero-order valence-corrected chi connectivity index (χ0v) is 17.7. The number of nitrogens with zero attached hydrogens (tertiary/aromatic N) is 2. The Labute approximate surface area is 184 Å². The summed E-state index contributed by atoms with van der Waals surface area (Å²) in [6, 6.07) is 29.7. The fourth-order valence-electron chi connectivity index (χ4n) is 3.48. The maximum absolute atomic E-state index is 13.0. The number of hydrogen-bond donors (Lipinski definition) is 1. The minimum atomic E-state index is -0.196. The van der Waals surface area contributed by atoms with Gasteiger partial charge in [-0.15, -0.1) is 0 Å². The van der Waals surface area contributed by atoms with Gasteiger partial charge in [0, 0.05) is 22.2 Å². The van der Waals surface area contributed by atoms with Crippen LogP contribution in [0.1, 0.15) is 16.1 Å². The summed E-state index contributed by atoms with van der Waals surface area (Å²) < 4.78 is 0. The van der Waals surface area contributed by atoms with Crippen molar-refractivity contribution in [2.45, 2.75) is 6.92 Å². The van der Waals surface area contributed by atoms with Crippen LogP contribution in [0.2, 0.25) is 0 Å². The van der Waals surface area contributed by atoms with Gasteiger partial charge in [-0.3, -0.25) is 15.1 Å². The third kappa shape index (κ3) is 3.96. The molecule has 0 unspecified atom stereocenters. The van der Waals surface area contributed by atoms with E-state index in [-0.39, 0.29) is 5.91 Å². The Morgan fingerprint density at radius 1 is 0.806 bits per heavy atom. The zero-order valence-electron chi connectivity index (χ0n) is 16.9. The lowest BCUT2D eigenvalue weighted by Crippen LogP contribution is -2.11. The number of carbonyl (C=O) groups excluding carboxylic acids is 1. The van der Waals surface area contributed by atoms with Gasteiger partial charge in [0.2, 0.25) is 0 Å². The maximum Gasteiger partial charge on any atom is 0.257 e. The van der Waals surface area contributed by atoms with Gasteiger partial charge < -0.3 is 0 Å². The number of hydrogen-bond acceptors (Lipinski definition) is 4. The van der Waals surface area contributed by atoms with Gasteiger partial charge in [-0.2, -0.15) is 0 Å². The highest BCUT2D eigenvalue weighted by Gasteiger charge is 2.17. The lowest BCUT2D eigenvalue weighted by Gasteiger charge is -2.04. The minimum Gasteiger partial charge on any atom is -0.298 e. The number of fused-ring (bicyclic) bond motifs is 1. The molecule has 1 N–H and O–H groups in total. The predicted molar refractivity (Wildman–Crippen MR) is 127 cm³/mol. The number of thiazole rings is 1. The Kier molecular flexibility index (Phi) is 5.02. The van der Waals surface area contributed by atoms with E-state index in [0.29, 0.717) is 10.7 Å². The van der Waals surface area contributed by atoms with Gasteiger partial charge in [-0.05, 0) is 30.7 Å². The molecule has 1 amide bonds. The molecule has 5 heteroatoms. The van der Waals surface area contributed by atoms with Gasteiger partial charge in [0.15, 0.2) is 5.13 Å². The van der Waals surface area contributed by atoms with Gasteiger partial charge in [-0.1, -0.05) is 84.1 Å². The molecule has 0 spiro atoms. The van der Waals surface area contributed by atoms with Crippen molar-refractivity contribution in [1.82, 2.24) is 9.97 Å². The number of rotatable bonds is 4. The van der Waals surface area contributed by atoms with Crippen molar-refractivity contribution in [3.05, 3.63) is 102 Å². The number of carbonyl (C=O) groups is 1. The zero-order chi connectivity index (χ0) is 21.2. The lowest BCUT2D eigenvalue weighted by atomic mass is 10.1. The average molecular weight is 422 g/mol. The van der Waals surface area contributed by atoms with Gasteiger partial charge in [0.25, 0.3) is 5.91 Å². The van der Waals surface area contributed by atoms with E-state index in [1.54, 1.807) is 0 Å². The van der Waals surface area contributed by atoms with Crippen LogP contribution in [0.3, 0.4) is 0 Å². The summed E-state index contributed by atoms with van der Waals surface area (Å²) in [5, 5.41) is 4.56. The molecule has 4 nitrogen and oxygen atoms in total. The summed E-state index contributed by atoms with van der Waals surface area (Å²) in [7, 11) is 0. The van der Waals surface area contributed by atoms with Crippen molar-refractivity contribution in [1.29, 1.82) is 0 Å². The first-order valence-corrected chi connectivity index (χ1v) is 10.8. The van der Waals surface area contributed by atoms with Crippen LogP contribution in [0.5, 0.6) is 0 Å². The molecule has 5 aromatic rings. The highest BCUT2D eigenvalue weighted by molar-refractivity contribution is 7.19. The summed E-state index contributed by atoms with van der Waals surface area (Å²) in [6.07, 6.45) is 0. The van der Waals surface area contributed by atoms with Crippen molar-refractivity contribution < 1.29 is 4.79 Å². The first-order chi connectivity index (χ1) is 15.2. The topological polar surface area (TPSA) is 54.9 Å². The van der Waals surface area contributed by atoms with Crippen molar-refractivity contribution in [2.75, 3.05) is 5.32 Å². The highest BCUT2D eigenvalue weighted by Crippen LogP contribution is 2.39. The van der Waals surface area contributed by atoms with E-state index in [0.717, 1.165) is 38.3 Å². The van der Waals surface area contributed by atoms with Crippen LogP contribution in [-0.4, -0.2) is 15.9 Å². The third-order valence-electron chi connectivity index (χ3n) is 5.02. The SMILES string of the molecule is Cc1ccc2ccc(C(=O)Nc3nc(-c4ccccc4)c(-c4ccccc4)s3)cc2n1. The molecule has 3 aromatic carbocycles. The predicted octanol–water partition coefficient (Wildman–Crippen LogP) is 6.59. The molecule has 5 rings (SSSR count). The van der Waals surface area contributed by atoms with E-state index in [1.807, 2.05) is 85.8 Å². The molecule has 0 saturated carbocycles. The molecule has 0 bridgehead atoms. The summed E-state index contributed by atoms with van der Waals surface area (Å²) in [4.78, 5) is 23.3. The molecule has 0 fully saturated rings. The standard InChI is InChI=1S/C26H19N3OS/c1-17-12-13-18-14-15-21(16-22(18)27-17)25(30)29-26-28-23(19-8-4-2-5-9-19)24(31-26)20-10-6-3-7-11-20/h2-16H,1H3,(H,28,29,30). The quantitative estimate of drug-likeness (QED) is 0.356. The van der Waals surface area contributed by atoms with E-state index in [2.05, 4.69) is 22.4 Å². The molecule has 0 aliphatic carbocycles.